The van der Waals surface area contributed by atoms with Crippen molar-refractivity contribution in [2.24, 2.45) is 5.73 Å². The van der Waals surface area contributed by atoms with E-state index >= 15 is 0 Å². The molecule has 1 aliphatic rings. The fourth-order valence-electron chi connectivity index (χ4n) is 2.36. The number of rotatable bonds is 5. The lowest BCUT2D eigenvalue weighted by Crippen LogP contribution is -2.34. The van der Waals surface area contributed by atoms with Gasteiger partial charge in [0.25, 0.3) is 11.8 Å². The van der Waals surface area contributed by atoms with E-state index in [2.05, 4.69) is 5.32 Å². The standard InChI is InChI=1S/C15H20ClN3O4/c1-22-12-8-10(7-11(16)14(12)23-9-13(17)20)15(21)19-5-2-3-18-4-6-19/h7-8,18H,2-6,9H2,1H3,(H2,17,20). The molecule has 0 aromatic heterocycles. The first-order chi connectivity index (χ1) is 11.0. The van der Waals surface area contributed by atoms with Crippen LogP contribution in [0.1, 0.15) is 16.8 Å². The zero-order chi connectivity index (χ0) is 16.8. The van der Waals surface area contributed by atoms with Crippen molar-refractivity contribution in [3.8, 4) is 11.5 Å². The SMILES string of the molecule is COc1cc(C(=O)N2CCCNCC2)cc(Cl)c1OCC(N)=O. The monoisotopic (exact) mass is 341 g/mol. The number of carbonyl (C=O) groups is 2. The largest absolute Gasteiger partial charge is 0.493 e. The minimum atomic E-state index is -0.625. The van der Waals surface area contributed by atoms with E-state index < -0.39 is 5.91 Å². The van der Waals surface area contributed by atoms with Gasteiger partial charge in [0.15, 0.2) is 18.1 Å². The van der Waals surface area contributed by atoms with Crippen molar-refractivity contribution in [2.75, 3.05) is 39.9 Å². The summed E-state index contributed by atoms with van der Waals surface area (Å²) in [5.41, 5.74) is 5.47. The van der Waals surface area contributed by atoms with Crippen molar-refractivity contribution < 1.29 is 19.1 Å². The maximum absolute atomic E-state index is 12.6. The zero-order valence-corrected chi connectivity index (χ0v) is 13.7. The number of nitrogens with zero attached hydrogens (tertiary/aromatic N) is 1. The minimum Gasteiger partial charge on any atom is -0.493 e. The lowest BCUT2D eigenvalue weighted by atomic mass is 10.1. The maximum Gasteiger partial charge on any atom is 0.255 e. The van der Waals surface area contributed by atoms with Crippen LogP contribution in [0.4, 0.5) is 0 Å². The molecule has 2 rings (SSSR count). The van der Waals surface area contributed by atoms with Gasteiger partial charge in [0, 0.05) is 25.2 Å². The van der Waals surface area contributed by atoms with Crippen LogP contribution in [0.15, 0.2) is 12.1 Å². The summed E-state index contributed by atoms with van der Waals surface area (Å²) in [5.74, 6) is -0.257. The highest BCUT2D eigenvalue weighted by molar-refractivity contribution is 6.32. The fourth-order valence-corrected chi connectivity index (χ4v) is 2.62. The molecule has 1 saturated heterocycles. The molecule has 0 saturated carbocycles. The Morgan fingerprint density at radius 2 is 2.13 bits per heavy atom. The Balaban J connectivity index is 2.23. The minimum absolute atomic E-state index is 0.115. The topological polar surface area (TPSA) is 93.9 Å². The van der Waals surface area contributed by atoms with Crippen LogP contribution in [0.25, 0.3) is 0 Å². The lowest BCUT2D eigenvalue weighted by Gasteiger charge is -2.21. The highest BCUT2D eigenvalue weighted by Gasteiger charge is 2.21. The predicted octanol–water partition coefficient (Wildman–Crippen LogP) is 0.648. The van der Waals surface area contributed by atoms with E-state index in [1.807, 2.05) is 0 Å². The summed E-state index contributed by atoms with van der Waals surface area (Å²) in [7, 11) is 1.44. The van der Waals surface area contributed by atoms with E-state index in [1.165, 1.54) is 13.2 Å². The van der Waals surface area contributed by atoms with Crippen molar-refractivity contribution in [3.63, 3.8) is 0 Å². The second-order valence-electron chi connectivity index (χ2n) is 5.14. The van der Waals surface area contributed by atoms with Gasteiger partial charge in [-0.15, -0.1) is 0 Å². The third kappa shape index (κ3) is 4.49. The van der Waals surface area contributed by atoms with Crippen LogP contribution in [0, 0.1) is 0 Å². The highest BCUT2D eigenvalue weighted by atomic mass is 35.5. The molecule has 0 aliphatic carbocycles. The second kappa shape index (κ2) is 8.03. The van der Waals surface area contributed by atoms with Crippen LogP contribution in [0.3, 0.4) is 0 Å². The van der Waals surface area contributed by atoms with Crippen molar-refractivity contribution in [1.29, 1.82) is 0 Å². The molecule has 23 heavy (non-hydrogen) atoms. The number of hydrogen-bond acceptors (Lipinski definition) is 5. The average molecular weight is 342 g/mol. The van der Waals surface area contributed by atoms with Gasteiger partial charge in [0.05, 0.1) is 12.1 Å². The molecule has 3 N–H and O–H groups in total. The van der Waals surface area contributed by atoms with E-state index in [1.54, 1.807) is 11.0 Å². The highest BCUT2D eigenvalue weighted by Crippen LogP contribution is 2.36. The van der Waals surface area contributed by atoms with E-state index in [0.29, 0.717) is 18.7 Å². The van der Waals surface area contributed by atoms with Crippen molar-refractivity contribution in [1.82, 2.24) is 10.2 Å². The van der Waals surface area contributed by atoms with Gasteiger partial charge in [-0.25, -0.2) is 0 Å². The first-order valence-corrected chi connectivity index (χ1v) is 7.69. The number of amides is 2. The van der Waals surface area contributed by atoms with Crippen molar-refractivity contribution in [2.45, 2.75) is 6.42 Å². The Hall–Kier alpha value is -1.99. The smallest absolute Gasteiger partial charge is 0.255 e. The van der Waals surface area contributed by atoms with Gasteiger partial charge in [0.2, 0.25) is 0 Å². The number of nitrogens with two attached hydrogens (primary N) is 1. The first-order valence-electron chi connectivity index (χ1n) is 7.31. The number of hydrogen-bond donors (Lipinski definition) is 2. The zero-order valence-electron chi connectivity index (χ0n) is 12.9. The van der Waals surface area contributed by atoms with E-state index in [0.717, 1.165) is 19.5 Å². The molecule has 0 bridgehead atoms. The number of carbonyl (C=O) groups excluding carboxylic acids is 2. The number of ether oxygens (including phenoxy) is 2. The fraction of sp³-hybridized carbons (Fsp3) is 0.467. The number of nitrogens with one attached hydrogen (secondary N) is 1. The van der Waals surface area contributed by atoms with Gasteiger partial charge < -0.3 is 25.4 Å². The van der Waals surface area contributed by atoms with Crippen molar-refractivity contribution >= 4 is 23.4 Å². The molecule has 7 nitrogen and oxygen atoms in total. The molecule has 1 aromatic carbocycles. The summed E-state index contributed by atoms with van der Waals surface area (Å²) < 4.78 is 10.5. The molecular weight excluding hydrogens is 322 g/mol. The average Bonchev–Trinajstić information content (AvgIpc) is 2.81. The molecule has 8 heteroatoms. The summed E-state index contributed by atoms with van der Waals surface area (Å²) in [6.07, 6.45) is 0.899. The van der Waals surface area contributed by atoms with E-state index in [9.17, 15) is 9.59 Å². The molecular formula is C15H20ClN3O4. The van der Waals surface area contributed by atoms with Crippen molar-refractivity contribution in [3.05, 3.63) is 22.7 Å². The van der Waals surface area contributed by atoms with Gasteiger partial charge in [-0.2, -0.15) is 0 Å². The molecule has 0 unspecified atom stereocenters. The van der Waals surface area contributed by atoms with Gasteiger partial charge in [-0.3, -0.25) is 9.59 Å². The van der Waals surface area contributed by atoms with Crippen LogP contribution in [-0.2, 0) is 4.79 Å². The normalized spacial score (nSPS) is 15.0. The molecule has 1 fully saturated rings. The van der Waals surface area contributed by atoms with E-state index in [4.69, 9.17) is 26.8 Å². The van der Waals surface area contributed by atoms with Gasteiger partial charge in [-0.05, 0) is 25.1 Å². The molecule has 2 amide bonds. The quantitative estimate of drug-likeness (QED) is 0.820. The molecule has 0 spiro atoms. The summed E-state index contributed by atoms with van der Waals surface area (Å²) >= 11 is 6.17. The van der Waals surface area contributed by atoms with Gasteiger partial charge in [0.1, 0.15) is 0 Å². The van der Waals surface area contributed by atoms with Gasteiger partial charge in [-0.1, -0.05) is 11.6 Å². The Morgan fingerprint density at radius 1 is 1.35 bits per heavy atom. The molecule has 1 aromatic rings. The Morgan fingerprint density at radius 3 is 2.83 bits per heavy atom. The molecule has 1 heterocycles. The van der Waals surface area contributed by atoms with Gasteiger partial charge >= 0.3 is 0 Å². The van der Waals surface area contributed by atoms with Crippen LogP contribution in [0.2, 0.25) is 5.02 Å². The number of methoxy groups -OCH3 is 1. The number of halogens is 1. The molecule has 0 radical (unpaired) electrons. The lowest BCUT2D eigenvalue weighted by molar-refractivity contribution is -0.119. The third-order valence-electron chi connectivity index (χ3n) is 3.46. The van der Waals surface area contributed by atoms with Crippen LogP contribution in [-0.4, -0.2) is 56.6 Å². The third-order valence-corrected chi connectivity index (χ3v) is 3.74. The second-order valence-corrected chi connectivity index (χ2v) is 5.55. The molecule has 1 aliphatic heterocycles. The summed E-state index contributed by atoms with van der Waals surface area (Å²) in [5, 5.41) is 3.44. The first kappa shape index (κ1) is 17.4. The maximum atomic E-state index is 12.6. The predicted molar refractivity (Wildman–Crippen MR) is 86.1 cm³/mol. The summed E-state index contributed by atoms with van der Waals surface area (Å²) in [6.45, 7) is 2.66. The molecule has 126 valence electrons. The summed E-state index contributed by atoms with van der Waals surface area (Å²) in [6, 6.07) is 3.07. The Kier molecular flexibility index (Phi) is 6.06. The Labute approximate surface area is 139 Å². The van der Waals surface area contributed by atoms with E-state index in [-0.39, 0.29) is 29.0 Å². The van der Waals surface area contributed by atoms with Crippen LogP contribution in [0.5, 0.6) is 11.5 Å². The van der Waals surface area contributed by atoms with Crippen LogP contribution >= 0.6 is 11.6 Å². The van der Waals surface area contributed by atoms with Crippen LogP contribution < -0.4 is 20.5 Å². The number of primary amides is 1. The summed E-state index contributed by atoms with van der Waals surface area (Å²) in [4.78, 5) is 25.2. The Bertz CT molecular complexity index is 586. The molecule has 0 atom stereocenters. The number of benzene rings is 1.